The zero-order valence-electron chi connectivity index (χ0n) is 8.01. The monoisotopic (exact) mass is 246 g/mol. The summed E-state index contributed by atoms with van der Waals surface area (Å²) < 4.78 is 0. The molecule has 0 radical (unpaired) electrons. The van der Waals surface area contributed by atoms with Gasteiger partial charge in [-0.1, -0.05) is 43.2 Å². The molecule has 1 aromatic carbocycles. The summed E-state index contributed by atoms with van der Waals surface area (Å²) in [5.41, 5.74) is 1.45. The van der Waals surface area contributed by atoms with E-state index in [0.717, 1.165) is 23.7 Å². The Kier molecular flexibility index (Phi) is 10.3. The number of benzene rings is 1. The van der Waals surface area contributed by atoms with Gasteiger partial charge in [-0.25, -0.2) is 0 Å². The van der Waals surface area contributed by atoms with Crippen molar-refractivity contribution in [2.75, 3.05) is 0 Å². The van der Waals surface area contributed by atoms with Crippen LogP contribution < -0.4 is 0 Å². The predicted octanol–water partition coefficient (Wildman–Crippen LogP) is 3.92. The zero-order chi connectivity index (χ0) is 9.94. The summed E-state index contributed by atoms with van der Waals surface area (Å²) >= 11 is 0.847. The molecular weight excluding hydrogens is 233 g/mol. The Labute approximate surface area is 95.4 Å². The molecule has 0 aliphatic rings. The van der Waals surface area contributed by atoms with E-state index in [1.54, 1.807) is 0 Å². The molecule has 0 aliphatic heterocycles. The fraction of sp³-hybridized carbons (Fsp3) is 0.364. The van der Waals surface area contributed by atoms with E-state index in [2.05, 4.69) is 37.3 Å². The first kappa shape index (κ1) is 13.1. The van der Waals surface area contributed by atoms with Gasteiger partial charge in [-0.2, -0.15) is 6.42 Å². The van der Waals surface area contributed by atoms with Crippen LogP contribution in [0, 0.1) is 6.92 Å². The minimum absolute atomic E-state index is 0.847. The van der Waals surface area contributed by atoms with Crippen molar-refractivity contribution in [2.24, 2.45) is 0 Å². The minimum atomic E-state index is 0.847. The summed E-state index contributed by atoms with van der Waals surface area (Å²) in [7, 11) is 4.76. The van der Waals surface area contributed by atoms with Crippen LogP contribution >= 0.6 is 9.69 Å². The maximum absolute atomic E-state index is 4.76. The molecule has 0 saturated carbocycles. The van der Waals surface area contributed by atoms with Crippen molar-refractivity contribution in [1.29, 1.82) is 0 Å². The molecule has 0 saturated heterocycles. The summed E-state index contributed by atoms with van der Waals surface area (Å²) in [5.74, 6) is 0. The molecule has 0 unspecified atom stereocenters. The summed E-state index contributed by atoms with van der Waals surface area (Å²) in [5, 5.41) is 0. The SMILES string of the molecule is [CH2-]CCCCc1ccccc1.[Cl][Zn+]. The molecule has 0 nitrogen and oxygen atoms in total. The van der Waals surface area contributed by atoms with Gasteiger partial charge in [0.05, 0.1) is 0 Å². The van der Waals surface area contributed by atoms with Crippen molar-refractivity contribution < 1.29 is 17.3 Å². The number of aryl methyl sites for hydroxylation is 1. The third-order valence-corrected chi connectivity index (χ3v) is 1.81. The van der Waals surface area contributed by atoms with E-state index < -0.39 is 0 Å². The maximum atomic E-state index is 4.76. The molecule has 0 aliphatic carbocycles. The number of halogens is 1. The van der Waals surface area contributed by atoms with Gasteiger partial charge in [-0.05, 0) is 12.0 Å². The van der Waals surface area contributed by atoms with E-state index in [9.17, 15) is 0 Å². The third kappa shape index (κ3) is 7.22. The number of hydrogen-bond acceptors (Lipinski definition) is 0. The molecule has 0 N–H and O–H groups in total. The Hall–Kier alpha value is 0.133. The Balaban J connectivity index is 0.000000671. The average molecular weight is 248 g/mol. The molecule has 0 aromatic heterocycles. The van der Waals surface area contributed by atoms with Gasteiger partial charge in [0.1, 0.15) is 0 Å². The summed E-state index contributed by atoms with van der Waals surface area (Å²) in [6.07, 6.45) is 4.78. The van der Waals surface area contributed by atoms with Gasteiger partial charge in [0.25, 0.3) is 0 Å². The molecular formula is C11H15ClZn. The van der Waals surface area contributed by atoms with Crippen molar-refractivity contribution >= 4 is 9.69 Å². The van der Waals surface area contributed by atoms with Crippen molar-refractivity contribution in [3.8, 4) is 0 Å². The van der Waals surface area contributed by atoms with Crippen LogP contribution in [0.3, 0.4) is 0 Å². The Morgan fingerprint density at radius 3 is 2.23 bits per heavy atom. The van der Waals surface area contributed by atoms with Crippen LogP contribution in [0.4, 0.5) is 0 Å². The molecule has 68 valence electrons. The van der Waals surface area contributed by atoms with E-state index in [0.29, 0.717) is 0 Å². The molecule has 0 fully saturated rings. The van der Waals surface area contributed by atoms with E-state index in [1.165, 1.54) is 24.8 Å². The van der Waals surface area contributed by atoms with Crippen molar-refractivity contribution in [3.63, 3.8) is 0 Å². The molecule has 0 spiro atoms. The molecule has 1 aromatic rings. The fourth-order valence-electron chi connectivity index (χ4n) is 1.15. The number of rotatable bonds is 4. The second-order valence-electron chi connectivity index (χ2n) is 2.80. The molecule has 1 rings (SSSR count). The molecule has 0 atom stereocenters. The van der Waals surface area contributed by atoms with Crippen LogP contribution in [0.1, 0.15) is 24.8 Å². The van der Waals surface area contributed by atoms with Crippen LogP contribution in [0.2, 0.25) is 0 Å². The molecule has 2 heteroatoms. The van der Waals surface area contributed by atoms with Gasteiger partial charge in [0, 0.05) is 0 Å². The predicted molar refractivity (Wildman–Crippen MR) is 55.2 cm³/mol. The van der Waals surface area contributed by atoms with E-state index in [4.69, 9.17) is 9.69 Å². The van der Waals surface area contributed by atoms with E-state index in [-0.39, 0.29) is 0 Å². The Morgan fingerprint density at radius 2 is 1.69 bits per heavy atom. The summed E-state index contributed by atoms with van der Waals surface area (Å²) in [6, 6.07) is 10.6. The number of unbranched alkanes of at least 4 members (excludes halogenated alkanes) is 2. The topological polar surface area (TPSA) is 0 Å². The fourth-order valence-corrected chi connectivity index (χ4v) is 1.15. The van der Waals surface area contributed by atoms with Gasteiger partial charge in [0.15, 0.2) is 0 Å². The quantitative estimate of drug-likeness (QED) is 0.430. The van der Waals surface area contributed by atoms with Gasteiger partial charge in [-0.3, -0.25) is 0 Å². The second-order valence-corrected chi connectivity index (χ2v) is 2.80. The standard InChI is InChI=1S/C11H15.ClH.Zn/c1-2-3-5-8-11-9-6-4-7-10-11;;/h4,6-7,9-10H,1-3,5,8H2;1H;/q-1;;+2/p-1. The molecule has 0 bridgehead atoms. The van der Waals surface area contributed by atoms with Crippen LogP contribution in [0.25, 0.3) is 0 Å². The molecule has 0 heterocycles. The summed E-state index contributed by atoms with van der Waals surface area (Å²) in [6.45, 7) is 3.82. The first-order valence-electron chi connectivity index (χ1n) is 4.53. The van der Waals surface area contributed by atoms with Crippen LogP contribution in [0.5, 0.6) is 0 Å². The first-order valence-corrected chi connectivity index (χ1v) is 8.43. The van der Waals surface area contributed by atoms with Gasteiger partial charge in [-0.15, -0.1) is 0 Å². The van der Waals surface area contributed by atoms with E-state index >= 15 is 0 Å². The van der Waals surface area contributed by atoms with Gasteiger partial charge in [0.2, 0.25) is 0 Å². The van der Waals surface area contributed by atoms with Crippen LogP contribution in [-0.2, 0) is 23.7 Å². The van der Waals surface area contributed by atoms with Crippen molar-refractivity contribution in [2.45, 2.75) is 25.7 Å². The summed E-state index contributed by atoms with van der Waals surface area (Å²) in [4.78, 5) is 0. The Morgan fingerprint density at radius 1 is 1.08 bits per heavy atom. The average Bonchev–Trinajstić information content (AvgIpc) is 2.23. The normalized spacial score (nSPS) is 8.92. The third-order valence-electron chi connectivity index (χ3n) is 1.81. The van der Waals surface area contributed by atoms with E-state index in [1.807, 2.05) is 0 Å². The van der Waals surface area contributed by atoms with Gasteiger partial charge < -0.3 is 6.92 Å². The van der Waals surface area contributed by atoms with Gasteiger partial charge >= 0.3 is 27.0 Å². The molecule has 13 heavy (non-hydrogen) atoms. The number of hydrogen-bond donors (Lipinski definition) is 0. The van der Waals surface area contributed by atoms with Crippen molar-refractivity contribution in [1.82, 2.24) is 0 Å². The van der Waals surface area contributed by atoms with Crippen LogP contribution in [-0.4, -0.2) is 0 Å². The van der Waals surface area contributed by atoms with Crippen molar-refractivity contribution in [3.05, 3.63) is 42.8 Å². The first-order chi connectivity index (χ1) is 6.43. The molecule has 0 amide bonds. The van der Waals surface area contributed by atoms with Crippen LogP contribution in [0.15, 0.2) is 30.3 Å². The Bertz CT molecular complexity index is 187. The second kappa shape index (κ2) is 10.2. The zero-order valence-corrected chi connectivity index (χ0v) is 11.7.